The van der Waals surface area contributed by atoms with E-state index in [1.54, 1.807) is 31.3 Å². The average molecular weight is 432 g/mol. The van der Waals surface area contributed by atoms with Gasteiger partial charge in [-0.2, -0.15) is 0 Å². The Labute approximate surface area is 187 Å². The molecular weight excluding hydrogens is 402 g/mol. The Balaban J connectivity index is 1.66. The van der Waals surface area contributed by atoms with E-state index in [9.17, 15) is 9.90 Å². The highest BCUT2D eigenvalue weighted by molar-refractivity contribution is 6.00. The maximum atomic E-state index is 12.5. The highest BCUT2D eigenvalue weighted by Crippen LogP contribution is 2.35. The SMILES string of the molecule is CC(=O)N(c1cc2ccnc(NCc3cc(C(=N)N)ccc3O)c2cc1C)C1CCCC1. The van der Waals surface area contributed by atoms with Gasteiger partial charge in [-0.1, -0.05) is 12.8 Å². The van der Waals surface area contributed by atoms with Gasteiger partial charge in [0.15, 0.2) is 0 Å². The number of hydrogen-bond acceptors (Lipinski definition) is 5. The lowest BCUT2D eigenvalue weighted by Crippen LogP contribution is -2.37. The van der Waals surface area contributed by atoms with E-state index in [1.807, 2.05) is 17.9 Å². The van der Waals surface area contributed by atoms with E-state index in [-0.39, 0.29) is 23.5 Å². The van der Waals surface area contributed by atoms with Gasteiger partial charge in [-0.15, -0.1) is 0 Å². The number of amides is 1. The van der Waals surface area contributed by atoms with Crippen LogP contribution in [0.2, 0.25) is 0 Å². The van der Waals surface area contributed by atoms with Crippen molar-refractivity contribution in [2.75, 3.05) is 10.2 Å². The topological polar surface area (TPSA) is 115 Å². The number of nitrogens with two attached hydrogens (primary N) is 1. The summed E-state index contributed by atoms with van der Waals surface area (Å²) in [6, 6.07) is 11.2. The van der Waals surface area contributed by atoms with Gasteiger partial charge >= 0.3 is 0 Å². The van der Waals surface area contributed by atoms with E-state index in [2.05, 4.69) is 22.4 Å². The number of aromatic nitrogens is 1. The zero-order chi connectivity index (χ0) is 22.8. The molecule has 1 amide bonds. The minimum atomic E-state index is -0.0463. The van der Waals surface area contributed by atoms with E-state index in [0.29, 0.717) is 23.5 Å². The smallest absolute Gasteiger partial charge is 0.224 e. The molecule has 0 spiro atoms. The highest BCUT2D eigenvalue weighted by Gasteiger charge is 2.27. The second kappa shape index (κ2) is 8.86. The van der Waals surface area contributed by atoms with Gasteiger partial charge < -0.3 is 21.1 Å². The molecule has 1 aliphatic carbocycles. The van der Waals surface area contributed by atoms with Crippen LogP contribution in [0.1, 0.15) is 49.3 Å². The maximum Gasteiger partial charge on any atom is 0.224 e. The fourth-order valence-electron chi connectivity index (χ4n) is 4.58. The predicted octanol–water partition coefficient (Wildman–Crippen LogP) is 4.44. The summed E-state index contributed by atoms with van der Waals surface area (Å²) < 4.78 is 0. The molecule has 0 bridgehead atoms. The van der Waals surface area contributed by atoms with Crippen molar-refractivity contribution in [1.29, 1.82) is 5.41 Å². The number of nitrogens with zero attached hydrogens (tertiary/aromatic N) is 2. The summed E-state index contributed by atoms with van der Waals surface area (Å²) in [6.45, 7) is 4.00. The number of aryl methyl sites for hydroxylation is 1. The van der Waals surface area contributed by atoms with Gasteiger partial charge in [0.05, 0.1) is 0 Å². The van der Waals surface area contributed by atoms with E-state index in [1.165, 1.54) is 0 Å². The third-order valence-corrected chi connectivity index (χ3v) is 6.21. The van der Waals surface area contributed by atoms with Crippen molar-refractivity contribution >= 4 is 34.0 Å². The Bertz CT molecular complexity index is 1180. The van der Waals surface area contributed by atoms with E-state index in [4.69, 9.17) is 11.1 Å². The number of benzene rings is 2. The van der Waals surface area contributed by atoms with Gasteiger partial charge in [0.1, 0.15) is 17.4 Å². The molecule has 1 aromatic heterocycles. The number of carbonyl (C=O) groups is 1. The van der Waals surface area contributed by atoms with Crippen LogP contribution in [0.4, 0.5) is 11.5 Å². The molecule has 7 heteroatoms. The number of nitrogens with one attached hydrogen (secondary N) is 2. The number of aromatic hydroxyl groups is 1. The summed E-state index contributed by atoms with van der Waals surface area (Å²) in [5, 5.41) is 23.1. The fourth-order valence-corrected chi connectivity index (χ4v) is 4.58. The minimum Gasteiger partial charge on any atom is -0.508 e. The standard InChI is InChI=1S/C25H29N5O2/c1-15-11-21-17(13-22(15)30(16(2)31)20-5-3-4-6-20)9-10-28-25(21)29-14-19-12-18(24(26)27)7-8-23(19)32/h7-13,20,32H,3-6,14H2,1-2H3,(H3,26,27)(H,28,29). The lowest BCUT2D eigenvalue weighted by molar-refractivity contribution is -0.117. The zero-order valence-corrected chi connectivity index (χ0v) is 18.5. The molecule has 1 fully saturated rings. The van der Waals surface area contributed by atoms with Gasteiger partial charge in [-0.3, -0.25) is 10.2 Å². The van der Waals surface area contributed by atoms with Crippen LogP contribution >= 0.6 is 0 Å². The van der Waals surface area contributed by atoms with Gasteiger partial charge in [0, 0.05) is 47.9 Å². The Hall–Kier alpha value is -3.61. The molecule has 0 atom stereocenters. The molecule has 4 rings (SSSR count). The number of anilines is 2. The Morgan fingerprint density at radius 1 is 1.25 bits per heavy atom. The number of pyridine rings is 1. The molecule has 1 aliphatic rings. The second-order valence-electron chi connectivity index (χ2n) is 8.46. The first kappa shape index (κ1) is 21.6. The number of carbonyl (C=O) groups excluding carboxylic acids is 1. The number of hydrogen-bond donors (Lipinski definition) is 4. The molecule has 0 radical (unpaired) electrons. The summed E-state index contributed by atoms with van der Waals surface area (Å²) in [5.41, 5.74) is 8.75. The summed E-state index contributed by atoms with van der Waals surface area (Å²) in [5.74, 6) is 0.859. The van der Waals surface area contributed by atoms with E-state index in [0.717, 1.165) is 47.7 Å². The first-order valence-electron chi connectivity index (χ1n) is 10.9. The number of rotatable bonds is 6. The molecular formula is C25H29N5O2. The van der Waals surface area contributed by atoms with Gasteiger partial charge in [0.2, 0.25) is 5.91 Å². The monoisotopic (exact) mass is 431 g/mol. The minimum absolute atomic E-state index is 0.0463. The number of amidine groups is 1. The van der Waals surface area contributed by atoms with Crippen LogP contribution < -0.4 is 16.0 Å². The van der Waals surface area contributed by atoms with Crippen molar-refractivity contribution in [3.63, 3.8) is 0 Å². The lowest BCUT2D eigenvalue weighted by atomic mass is 10.0. The molecule has 3 aromatic rings. The molecule has 1 saturated carbocycles. The second-order valence-corrected chi connectivity index (χ2v) is 8.46. The summed E-state index contributed by atoms with van der Waals surface area (Å²) in [6.07, 6.45) is 6.16. The highest BCUT2D eigenvalue weighted by atomic mass is 16.3. The number of nitrogen functional groups attached to an aromatic ring is 1. The van der Waals surface area contributed by atoms with Crippen molar-refractivity contribution in [2.45, 2.75) is 52.1 Å². The van der Waals surface area contributed by atoms with Gasteiger partial charge in [-0.05, 0) is 67.1 Å². The average Bonchev–Trinajstić information content (AvgIpc) is 3.27. The molecule has 2 aromatic carbocycles. The van der Waals surface area contributed by atoms with Crippen molar-refractivity contribution in [3.05, 3.63) is 59.3 Å². The summed E-state index contributed by atoms with van der Waals surface area (Å²) in [4.78, 5) is 19.0. The Morgan fingerprint density at radius 3 is 2.69 bits per heavy atom. The van der Waals surface area contributed by atoms with E-state index >= 15 is 0 Å². The Kier molecular flexibility index (Phi) is 5.99. The summed E-state index contributed by atoms with van der Waals surface area (Å²) in [7, 11) is 0. The quantitative estimate of drug-likeness (QED) is 0.340. The third kappa shape index (κ3) is 4.23. The van der Waals surface area contributed by atoms with Crippen LogP contribution in [0.15, 0.2) is 42.6 Å². The van der Waals surface area contributed by atoms with Gasteiger partial charge in [0.25, 0.3) is 0 Å². The van der Waals surface area contributed by atoms with Crippen LogP contribution in [-0.2, 0) is 11.3 Å². The Morgan fingerprint density at radius 2 is 2.00 bits per heavy atom. The lowest BCUT2D eigenvalue weighted by Gasteiger charge is -2.30. The van der Waals surface area contributed by atoms with Crippen LogP contribution in [-0.4, -0.2) is 27.9 Å². The van der Waals surface area contributed by atoms with Crippen molar-refractivity contribution in [3.8, 4) is 5.75 Å². The number of phenolic OH excluding ortho intramolecular Hbond substituents is 1. The molecule has 0 unspecified atom stereocenters. The molecule has 32 heavy (non-hydrogen) atoms. The van der Waals surface area contributed by atoms with Gasteiger partial charge in [-0.25, -0.2) is 4.98 Å². The van der Waals surface area contributed by atoms with Crippen LogP contribution in [0.25, 0.3) is 10.8 Å². The van der Waals surface area contributed by atoms with Crippen molar-refractivity contribution < 1.29 is 9.90 Å². The zero-order valence-electron chi connectivity index (χ0n) is 18.5. The summed E-state index contributed by atoms with van der Waals surface area (Å²) >= 11 is 0. The first-order chi connectivity index (χ1) is 15.3. The predicted molar refractivity (Wildman–Crippen MR) is 128 cm³/mol. The molecule has 166 valence electrons. The van der Waals surface area contributed by atoms with E-state index < -0.39 is 0 Å². The fraction of sp³-hybridized carbons (Fsp3) is 0.320. The van der Waals surface area contributed by atoms with Crippen LogP contribution in [0.3, 0.4) is 0 Å². The molecule has 5 N–H and O–H groups in total. The van der Waals surface area contributed by atoms with Crippen molar-refractivity contribution in [2.24, 2.45) is 5.73 Å². The van der Waals surface area contributed by atoms with Crippen LogP contribution in [0.5, 0.6) is 5.75 Å². The molecule has 0 saturated heterocycles. The van der Waals surface area contributed by atoms with Crippen molar-refractivity contribution in [1.82, 2.24) is 4.98 Å². The van der Waals surface area contributed by atoms with Crippen LogP contribution in [0, 0.1) is 12.3 Å². The number of phenols is 1. The first-order valence-corrected chi connectivity index (χ1v) is 10.9. The molecule has 0 aliphatic heterocycles. The molecule has 7 nitrogen and oxygen atoms in total. The normalized spacial score (nSPS) is 13.9. The maximum absolute atomic E-state index is 12.5. The molecule has 1 heterocycles. The number of fused-ring (bicyclic) bond motifs is 1. The largest absolute Gasteiger partial charge is 0.508 e. The third-order valence-electron chi connectivity index (χ3n) is 6.21.